The lowest BCUT2D eigenvalue weighted by molar-refractivity contribution is 0.429. The average molecular weight is 268 g/mol. The van der Waals surface area contributed by atoms with E-state index < -0.39 is 10.0 Å². The molecule has 0 aromatic heterocycles. The molecule has 1 saturated heterocycles. The van der Waals surface area contributed by atoms with E-state index in [-0.39, 0.29) is 5.25 Å². The van der Waals surface area contributed by atoms with Crippen molar-refractivity contribution < 1.29 is 8.42 Å². The minimum Gasteiger partial charge on any atom is -0.315 e. The van der Waals surface area contributed by atoms with Gasteiger partial charge in [-0.2, -0.15) is 0 Å². The van der Waals surface area contributed by atoms with Crippen LogP contribution in [0.25, 0.3) is 0 Å². The van der Waals surface area contributed by atoms with Crippen LogP contribution in [0.5, 0.6) is 0 Å². The molecule has 1 heterocycles. The molecule has 0 spiro atoms. The molecule has 2 rings (SSSR count). The molecule has 4 nitrogen and oxygen atoms in total. The lowest BCUT2D eigenvalue weighted by Crippen LogP contribution is -2.44. The van der Waals surface area contributed by atoms with Gasteiger partial charge in [-0.1, -0.05) is 30.3 Å². The van der Waals surface area contributed by atoms with Crippen LogP contribution >= 0.6 is 0 Å². The maximum absolute atomic E-state index is 12.4. The van der Waals surface area contributed by atoms with E-state index in [9.17, 15) is 8.42 Å². The topological polar surface area (TPSA) is 49.4 Å². The quantitative estimate of drug-likeness (QED) is 0.892. The Morgan fingerprint density at radius 1 is 1.33 bits per heavy atom. The zero-order valence-corrected chi connectivity index (χ0v) is 11.5. The van der Waals surface area contributed by atoms with Gasteiger partial charge in [-0.15, -0.1) is 0 Å². The standard InChI is InChI=1S/C13H20N2O2S/c1-15(11-12-6-3-2-4-7-12)18(16,17)13-8-5-9-14-10-13/h2-4,6-7,13-14H,5,8-11H2,1H3. The summed E-state index contributed by atoms with van der Waals surface area (Å²) in [6.45, 7) is 1.94. The summed E-state index contributed by atoms with van der Waals surface area (Å²) in [5.74, 6) is 0. The number of piperidine rings is 1. The zero-order chi connectivity index (χ0) is 13.0. The van der Waals surface area contributed by atoms with Crippen LogP contribution in [-0.4, -0.2) is 38.1 Å². The molecule has 0 amide bonds. The van der Waals surface area contributed by atoms with Gasteiger partial charge in [0.2, 0.25) is 10.0 Å². The Morgan fingerprint density at radius 2 is 2.06 bits per heavy atom. The number of nitrogens with one attached hydrogen (secondary N) is 1. The number of benzene rings is 1. The first-order chi connectivity index (χ1) is 8.60. The number of nitrogens with zero attached hydrogens (tertiary/aromatic N) is 1. The fourth-order valence-electron chi connectivity index (χ4n) is 2.26. The Labute approximate surface area is 109 Å². The summed E-state index contributed by atoms with van der Waals surface area (Å²) < 4.78 is 26.2. The summed E-state index contributed by atoms with van der Waals surface area (Å²) in [4.78, 5) is 0. The fourth-order valence-corrected chi connectivity index (χ4v) is 3.89. The molecule has 1 aliphatic heterocycles. The monoisotopic (exact) mass is 268 g/mol. The highest BCUT2D eigenvalue weighted by atomic mass is 32.2. The molecule has 1 aromatic carbocycles. The van der Waals surface area contributed by atoms with Crippen LogP contribution in [0, 0.1) is 0 Å². The Kier molecular flexibility index (Phi) is 4.37. The van der Waals surface area contributed by atoms with Gasteiger partial charge < -0.3 is 5.32 Å². The predicted molar refractivity (Wildman–Crippen MR) is 72.7 cm³/mol. The first kappa shape index (κ1) is 13.5. The largest absolute Gasteiger partial charge is 0.315 e. The molecule has 0 aliphatic carbocycles. The van der Waals surface area contributed by atoms with Crippen LogP contribution in [-0.2, 0) is 16.6 Å². The van der Waals surface area contributed by atoms with Crippen molar-refractivity contribution in [3.05, 3.63) is 35.9 Å². The molecule has 1 aliphatic rings. The second-order valence-electron chi connectivity index (χ2n) is 4.75. The normalized spacial score (nSPS) is 21.1. The number of rotatable bonds is 4. The summed E-state index contributed by atoms with van der Waals surface area (Å²) in [6, 6.07) is 9.69. The Hall–Kier alpha value is -0.910. The van der Waals surface area contributed by atoms with Crippen molar-refractivity contribution in [1.29, 1.82) is 0 Å². The third-order valence-electron chi connectivity index (χ3n) is 3.36. The first-order valence-corrected chi connectivity index (χ1v) is 7.81. The minimum absolute atomic E-state index is 0.278. The van der Waals surface area contributed by atoms with Gasteiger partial charge in [0.25, 0.3) is 0 Å². The van der Waals surface area contributed by atoms with E-state index in [1.165, 1.54) is 4.31 Å². The van der Waals surface area contributed by atoms with Crippen molar-refractivity contribution in [2.24, 2.45) is 0 Å². The van der Waals surface area contributed by atoms with Gasteiger partial charge in [-0.25, -0.2) is 12.7 Å². The van der Waals surface area contributed by atoms with E-state index in [0.29, 0.717) is 13.1 Å². The summed E-state index contributed by atoms with van der Waals surface area (Å²) in [6.07, 6.45) is 1.69. The third kappa shape index (κ3) is 3.10. The summed E-state index contributed by atoms with van der Waals surface area (Å²) in [5, 5.41) is 2.88. The van der Waals surface area contributed by atoms with Crippen molar-refractivity contribution in [1.82, 2.24) is 9.62 Å². The zero-order valence-electron chi connectivity index (χ0n) is 10.7. The molecule has 1 atom stereocenters. The summed E-state index contributed by atoms with van der Waals surface area (Å²) in [7, 11) is -1.53. The van der Waals surface area contributed by atoms with Crippen LogP contribution in [0.1, 0.15) is 18.4 Å². The van der Waals surface area contributed by atoms with Crippen molar-refractivity contribution in [2.75, 3.05) is 20.1 Å². The molecule has 5 heteroatoms. The SMILES string of the molecule is CN(Cc1ccccc1)S(=O)(=O)C1CCCNC1. The van der Waals surface area contributed by atoms with E-state index in [2.05, 4.69) is 5.32 Å². The van der Waals surface area contributed by atoms with Gasteiger partial charge in [-0.05, 0) is 24.9 Å². The first-order valence-electron chi connectivity index (χ1n) is 6.30. The van der Waals surface area contributed by atoms with Crippen LogP contribution in [0.2, 0.25) is 0 Å². The number of hydrogen-bond donors (Lipinski definition) is 1. The lowest BCUT2D eigenvalue weighted by atomic mass is 10.2. The molecular weight excluding hydrogens is 248 g/mol. The highest BCUT2D eigenvalue weighted by molar-refractivity contribution is 7.89. The molecule has 1 N–H and O–H groups in total. The summed E-state index contributed by atoms with van der Waals surface area (Å²) in [5.41, 5.74) is 1.02. The smallest absolute Gasteiger partial charge is 0.218 e. The van der Waals surface area contributed by atoms with Crippen molar-refractivity contribution in [3.8, 4) is 0 Å². The van der Waals surface area contributed by atoms with Gasteiger partial charge in [0.15, 0.2) is 0 Å². The second kappa shape index (κ2) is 5.82. The highest BCUT2D eigenvalue weighted by Crippen LogP contribution is 2.17. The van der Waals surface area contributed by atoms with E-state index in [1.54, 1.807) is 7.05 Å². The van der Waals surface area contributed by atoms with Gasteiger partial charge in [0.05, 0.1) is 5.25 Å². The Morgan fingerprint density at radius 3 is 2.67 bits per heavy atom. The van der Waals surface area contributed by atoms with Gasteiger partial charge in [0.1, 0.15) is 0 Å². The summed E-state index contributed by atoms with van der Waals surface area (Å²) >= 11 is 0. The van der Waals surface area contributed by atoms with Crippen LogP contribution < -0.4 is 5.32 Å². The fraction of sp³-hybridized carbons (Fsp3) is 0.538. The Balaban J connectivity index is 2.05. The van der Waals surface area contributed by atoms with Crippen LogP contribution in [0.4, 0.5) is 0 Å². The predicted octanol–water partition coefficient (Wildman–Crippen LogP) is 1.20. The van der Waals surface area contributed by atoms with Crippen LogP contribution in [0.15, 0.2) is 30.3 Å². The second-order valence-corrected chi connectivity index (χ2v) is 7.07. The third-order valence-corrected chi connectivity index (χ3v) is 5.60. The van der Waals surface area contributed by atoms with E-state index >= 15 is 0 Å². The van der Waals surface area contributed by atoms with Gasteiger partial charge in [-0.3, -0.25) is 0 Å². The average Bonchev–Trinajstić information content (AvgIpc) is 2.41. The van der Waals surface area contributed by atoms with Crippen molar-refractivity contribution in [2.45, 2.75) is 24.6 Å². The number of hydrogen-bond acceptors (Lipinski definition) is 3. The minimum atomic E-state index is -3.19. The van der Waals surface area contributed by atoms with E-state index in [0.717, 1.165) is 24.9 Å². The van der Waals surface area contributed by atoms with Gasteiger partial charge >= 0.3 is 0 Å². The molecule has 0 bridgehead atoms. The lowest BCUT2D eigenvalue weighted by Gasteiger charge is -2.27. The van der Waals surface area contributed by atoms with Crippen LogP contribution in [0.3, 0.4) is 0 Å². The van der Waals surface area contributed by atoms with E-state index in [1.807, 2.05) is 30.3 Å². The molecule has 1 unspecified atom stereocenters. The maximum Gasteiger partial charge on any atom is 0.218 e. The van der Waals surface area contributed by atoms with Crippen molar-refractivity contribution >= 4 is 10.0 Å². The number of sulfonamides is 1. The molecular formula is C13H20N2O2S. The maximum atomic E-state index is 12.4. The molecule has 0 saturated carbocycles. The van der Waals surface area contributed by atoms with Gasteiger partial charge in [0, 0.05) is 20.1 Å². The molecule has 1 aromatic rings. The molecule has 100 valence electrons. The molecule has 1 fully saturated rings. The van der Waals surface area contributed by atoms with Crippen molar-refractivity contribution in [3.63, 3.8) is 0 Å². The molecule has 0 radical (unpaired) electrons. The molecule has 18 heavy (non-hydrogen) atoms. The van der Waals surface area contributed by atoms with E-state index in [4.69, 9.17) is 0 Å². The Bertz CT molecular complexity index is 467. The highest BCUT2D eigenvalue weighted by Gasteiger charge is 2.30.